The first kappa shape index (κ1) is 18.0. The van der Waals surface area contributed by atoms with Gasteiger partial charge in [0, 0.05) is 25.3 Å². The molecule has 138 valence electrons. The first-order chi connectivity index (χ1) is 12.3. The molecule has 26 heavy (non-hydrogen) atoms. The fourth-order valence-corrected chi connectivity index (χ4v) is 3.47. The van der Waals surface area contributed by atoms with E-state index in [0.717, 1.165) is 12.8 Å². The summed E-state index contributed by atoms with van der Waals surface area (Å²) >= 11 is 0. The van der Waals surface area contributed by atoms with Gasteiger partial charge < -0.3 is 20.6 Å². The van der Waals surface area contributed by atoms with Gasteiger partial charge in [0.15, 0.2) is 0 Å². The number of rotatable bonds is 5. The second-order valence-electron chi connectivity index (χ2n) is 7.46. The molecule has 1 saturated carbocycles. The van der Waals surface area contributed by atoms with Crippen LogP contribution in [0.4, 0.5) is 10.5 Å². The van der Waals surface area contributed by atoms with E-state index in [2.05, 4.69) is 15.6 Å². The summed E-state index contributed by atoms with van der Waals surface area (Å²) in [6.45, 7) is 4.84. The fraction of sp³-hybridized carbons (Fsp3) is 0.556. The summed E-state index contributed by atoms with van der Waals surface area (Å²) in [6, 6.07) is 3.70. The van der Waals surface area contributed by atoms with Crippen LogP contribution in [0.25, 0.3) is 0 Å². The van der Waals surface area contributed by atoms with E-state index >= 15 is 0 Å². The van der Waals surface area contributed by atoms with Crippen molar-refractivity contribution in [1.82, 2.24) is 15.6 Å². The Labute approximate surface area is 152 Å². The summed E-state index contributed by atoms with van der Waals surface area (Å²) in [5, 5.41) is 23.8. The van der Waals surface area contributed by atoms with Crippen LogP contribution in [0.1, 0.15) is 49.2 Å². The molecule has 3 N–H and O–H groups in total. The Morgan fingerprint density at radius 1 is 1.50 bits per heavy atom. The topological polar surface area (TPSA) is 118 Å². The molecule has 2 heterocycles. The number of aromatic nitrogens is 1. The first-order valence-corrected chi connectivity index (χ1v) is 8.78. The summed E-state index contributed by atoms with van der Waals surface area (Å²) in [4.78, 5) is 29.7. The number of pyridine rings is 1. The van der Waals surface area contributed by atoms with Crippen molar-refractivity contribution >= 4 is 17.7 Å². The monoisotopic (exact) mass is 357 g/mol. The minimum absolute atomic E-state index is 0.100. The van der Waals surface area contributed by atoms with Crippen molar-refractivity contribution in [1.29, 1.82) is 5.26 Å². The highest BCUT2D eigenvalue weighted by Crippen LogP contribution is 2.33. The molecule has 0 aromatic carbocycles. The van der Waals surface area contributed by atoms with Gasteiger partial charge in [-0.2, -0.15) is 5.26 Å². The molecule has 1 aliphatic carbocycles. The molecule has 2 amide bonds. The van der Waals surface area contributed by atoms with Crippen LogP contribution in [-0.2, 0) is 0 Å². The van der Waals surface area contributed by atoms with E-state index in [0.29, 0.717) is 36.7 Å². The summed E-state index contributed by atoms with van der Waals surface area (Å²) in [7, 11) is 0. The van der Waals surface area contributed by atoms with Gasteiger partial charge in [-0.15, -0.1) is 0 Å². The zero-order valence-electron chi connectivity index (χ0n) is 15.0. The number of hydrogen-bond donors (Lipinski definition) is 3. The summed E-state index contributed by atoms with van der Waals surface area (Å²) < 4.78 is 0. The van der Waals surface area contributed by atoms with Gasteiger partial charge in [0.05, 0.1) is 16.8 Å². The average molecular weight is 357 g/mol. The van der Waals surface area contributed by atoms with Crippen molar-refractivity contribution in [3.05, 3.63) is 23.5 Å². The van der Waals surface area contributed by atoms with E-state index in [1.165, 1.54) is 6.20 Å². The highest BCUT2D eigenvalue weighted by molar-refractivity contribution is 6.00. The van der Waals surface area contributed by atoms with Gasteiger partial charge in [-0.05, 0) is 45.1 Å². The lowest BCUT2D eigenvalue weighted by Crippen LogP contribution is -2.47. The third kappa shape index (κ3) is 3.87. The Bertz CT molecular complexity index is 771. The number of amides is 2. The largest absolute Gasteiger partial charge is 0.465 e. The summed E-state index contributed by atoms with van der Waals surface area (Å²) in [6.07, 6.45) is 3.24. The van der Waals surface area contributed by atoms with Crippen LogP contribution in [-0.4, -0.2) is 46.8 Å². The van der Waals surface area contributed by atoms with Crippen LogP contribution in [0.3, 0.4) is 0 Å². The minimum Gasteiger partial charge on any atom is -0.465 e. The van der Waals surface area contributed by atoms with E-state index in [-0.39, 0.29) is 17.6 Å². The molecule has 1 saturated heterocycles. The van der Waals surface area contributed by atoms with Crippen molar-refractivity contribution in [3.8, 4) is 6.07 Å². The number of anilines is 1. The van der Waals surface area contributed by atoms with Gasteiger partial charge in [-0.25, -0.2) is 9.78 Å². The first-order valence-electron chi connectivity index (χ1n) is 8.78. The molecule has 0 spiro atoms. The Kier molecular flexibility index (Phi) is 4.72. The molecule has 2 fully saturated rings. The van der Waals surface area contributed by atoms with E-state index in [4.69, 9.17) is 10.4 Å². The van der Waals surface area contributed by atoms with Gasteiger partial charge in [0.1, 0.15) is 11.8 Å². The van der Waals surface area contributed by atoms with Gasteiger partial charge >= 0.3 is 6.09 Å². The molecule has 2 aliphatic rings. The van der Waals surface area contributed by atoms with Crippen LogP contribution in [0.2, 0.25) is 0 Å². The zero-order chi connectivity index (χ0) is 18.9. The standard InChI is InChI=1S/C18H23N5O3/c1-11(12-3-4-12)21-16(24)14-9-20-13(8-19)7-15(14)23-6-5-18(2,10-23)22-17(25)26/h7,9,11-12,22H,3-6,10H2,1-2H3,(H,21,24)(H,25,26)/t11?,18-/m0/s1. The quantitative estimate of drug-likeness (QED) is 0.738. The molecule has 1 aromatic heterocycles. The number of carbonyl (C=O) groups excluding carboxylic acids is 1. The zero-order valence-corrected chi connectivity index (χ0v) is 15.0. The molecule has 0 radical (unpaired) electrons. The normalized spacial score (nSPS) is 23.2. The molecule has 0 bridgehead atoms. The van der Waals surface area contributed by atoms with Crippen molar-refractivity contribution < 1.29 is 14.7 Å². The van der Waals surface area contributed by atoms with Crippen LogP contribution < -0.4 is 15.5 Å². The molecule has 1 aliphatic heterocycles. The number of carboxylic acid groups (broad SMARTS) is 1. The maximum absolute atomic E-state index is 12.7. The van der Waals surface area contributed by atoms with Gasteiger partial charge in [-0.1, -0.05) is 0 Å². The van der Waals surface area contributed by atoms with E-state index in [1.54, 1.807) is 6.07 Å². The second-order valence-corrected chi connectivity index (χ2v) is 7.46. The molecule has 8 heteroatoms. The lowest BCUT2D eigenvalue weighted by Gasteiger charge is -2.26. The van der Waals surface area contributed by atoms with Gasteiger partial charge in [-0.3, -0.25) is 4.79 Å². The van der Waals surface area contributed by atoms with E-state index in [9.17, 15) is 9.59 Å². The van der Waals surface area contributed by atoms with Gasteiger partial charge in [0.25, 0.3) is 5.91 Å². The minimum atomic E-state index is -1.07. The predicted octanol–water partition coefficient (Wildman–Crippen LogP) is 1.72. The Morgan fingerprint density at radius 2 is 2.23 bits per heavy atom. The van der Waals surface area contributed by atoms with E-state index < -0.39 is 11.6 Å². The van der Waals surface area contributed by atoms with Crippen molar-refractivity contribution in [2.45, 2.75) is 44.7 Å². The van der Waals surface area contributed by atoms with Crippen LogP contribution in [0.5, 0.6) is 0 Å². The Morgan fingerprint density at radius 3 is 2.85 bits per heavy atom. The highest BCUT2D eigenvalue weighted by Gasteiger charge is 2.37. The van der Waals surface area contributed by atoms with E-state index in [1.807, 2.05) is 24.8 Å². The molecule has 2 atom stereocenters. The van der Waals surface area contributed by atoms with Crippen LogP contribution >= 0.6 is 0 Å². The molecule has 3 rings (SSSR count). The van der Waals surface area contributed by atoms with Gasteiger partial charge in [0.2, 0.25) is 0 Å². The number of nitriles is 1. The molecular weight excluding hydrogens is 334 g/mol. The van der Waals surface area contributed by atoms with Crippen molar-refractivity contribution in [3.63, 3.8) is 0 Å². The number of nitrogens with zero attached hydrogens (tertiary/aromatic N) is 3. The number of hydrogen-bond acceptors (Lipinski definition) is 5. The Hall–Kier alpha value is -2.82. The van der Waals surface area contributed by atoms with Crippen LogP contribution in [0, 0.1) is 17.2 Å². The maximum Gasteiger partial charge on any atom is 0.405 e. The Balaban J connectivity index is 1.84. The van der Waals surface area contributed by atoms with Crippen molar-refractivity contribution in [2.24, 2.45) is 5.92 Å². The molecule has 1 aromatic rings. The number of carbonyl (C=O) groups is 2. The lowest BCUT2D eigenvalue weighted by atomic mass is 10.0. The summed E-state index contributed by atoms with van der Waals surface area (Å²) in [5.74, 6) is 0.319. The maximum atomic E-state index is 12.7. The lowest BCUT2D eigenvalue weighted by molar-refractivity contribution is 0.0936. The third-order valence-corrected chi connectivity index (χ3v) is 5.15. The highest BCUT2D eigenvalue weighted by atomic mass is 16.4. The molecule has 1 unspecified atom stereocenters. The molecular formula is C18H23N5O3. The average Bonchev–Trinajstić information content (AvgIpc) is 3.37. The van der Waals surface area contributed by atoms with Crippen LogP contribution in [0.15, 0.2) is 12.3 Å². The molecule has 8 nitrogen and oxygen atoms in total. The third-order valence-electron chi connectivity index (χ3n) is 5.15. The second kappa shape index (κ2) is 6.83. The predicted molar refractivity (Wildman–Crippen MR) is 95.0 cm³/mol. The fourth-order valence-electron chi connectivity index (χ4n) is 3.47. The number of nitrogens with one attached hydrogen (secondary N) is 2. The smallest absolute Gasteiger partial charge is 0.405 e. The van der Waals surface area contributed by atoms with Crippen molar-refractivity contribution in [2.75, 3.05) is 18.0 Å². The SMILES string of the molecule is CC(NC(=O)c1cnc(C#N)cc1N1CC[C@](C)(NC(=O)O)C1)C1CC1. The summed E-state index contributed by atoms with van der Waals surface area (Å²) in [5.41, 5.74) is 0.660.